The maximum absolute atomic E-state index is 13.2. The topological polar surface area (TPSA) is 63.0 Å². The predicted molar refractivity (Wildman–Crippen MR) is 111 cm³/mol. The van der Waals surface area contributed by atoms with Crippen molar-refractivity contribution in [3.8, 4) is 0 Å². The van der Waals surface area contributed by atoms with Gasteiger partial charge >= 0.3 is 0 Å². The van der Waals surface area contributed by atoms with Gasteiger partial charge in [0, 0.05) is 22.2 Å². The van der Waals surface area contributed by atoms with Crippen LogP contribution in [0.2, 0.25) is 0 Å². The van der Waals surface area contributed by atoms with Gasteiger partial charge in [0.15, 0.2) is 10.9 Å². The number of aromatic amines is 1. The molecule has 0 fully saturated rings. The SMILES string of the molecule is Cc1[nH]c2ccccc2c1C(=O)C(C)Sc1nnc2sc3ccccc3n12. The Morgan fingerprint density at radius 2 is 1.93 bits per heavy atom. The molecule has 5 aromatic rings. The van der Waals surface area contributed by atoms with Gasteiger partial charge in [0.2, 0.25) is 4.96 Å². The fourth-order valence-corrected chi connectivity index (χ4v) is 5.38. The second kappa shape index (κ2) is 6.21. The summed E-state index contributed by atoms with van der Waals surface area (Å²) >= 11 is 3.06. The van der Waals surface area contributed by atoms with E-state index < -0.39 is 0 Å². The number of benzene rings is 2. The van der Waals surface area contributed by atoms with Gasteiger partial charge in [0.25, 0.3) is 0 Å². The van der Waals surface area contributed by atoms with Crippen LogP contribution in [0.15, 0.2) is 53.7 Å². The van der Waals surface area contributed by atoms with Gasteiger partial charge in [-0.1, -0.05) is 53.4 Å². The minimum Gasteiger partial charge on any atom is -0.358 e. The Morgan fingerprint density at radius 1 is 1.15 bits per heavy atom. The van der Waals surface area contributed by atoms with E-state index in [1.807, 2.05) is 54.6 Å². The summed E-state index contributed by atoms with van der Waals surface area (Å²) in [5.41, 5.74) is 3.74. The molecule has 3 heterocycles. The number of H-pyrrole nitrogens is 1. The number of rotatable bonds is 4. The number of aryl methyl sites for hydroxylation is 1. The third-order valence-corrected chi connectivity index (χ3v) is 6.76. The Labute approximate surface area is 163 Å². The van der Waals surface area contributed by atoms with Crippen LogP contribution in [0.5, 0.6) is 0 Å². The zero-order valence-electron chi connectivity index (χ0n) is 14.8. The molecule has 0 aliphatic carbocycles. The number of nitrogens with one attached hydrogen (secondary N) is 1. The lowest BCUT2D eigenvalue weighted by molar-refractivity contribution is 0.0995. The molecule has 0 aliphatic rings. The number of carbonyl (C=O) groups is 1. The number of aromatic nitrogens is 4. The van der Waals surface area contributed by atoms with E-state index in [0.717, 1.165) is 42.5 Å². The van der Waals surface area contributed by atoms with Crippen LogP contribution in [0.1, 0.15) is 23.0 Å². The third-order valence-electron chi connectivity index (χ3n) is 4.70. The minimum absolute atomic E-state index is 0.103. The van der Waals surface area contributed by atoms with Gasteiger partial charge in [-0.2, -0.15) is 0 Å². The van der Waals surface area contributed by atoms with Crippen LogP contribution in [-0.4, -0.2) is 30.6 Å². The lowest BCUT2D eigenvalue weighted by atomic mass is 10.1. The molecule has 5 nitrogen and oxygen atoms in total. The van der Waals surface area contributed by atoms with E-state index in [1.165, 1.54) is 11.8 Å². The number of Topliss-reactive ketones (excluding diaryl/α,β-unsaturated/α-hetero) is 1. The van der Waals surface area contributed by atoms with Crippen molar-refractivity contribution in [2.24, 2.45) is 0 Å². The number of hydrogen-bond donors (Lipinski definition) is 1. The second-order valence-electron chi connectivity index (χ2n) is 6.47. The van der Waals surface area contributed by atoms with Crippen molar-refractivity contribution in [3.63, 3.8) is 0 Å². The highest BCUT2D eigenvalue weighted by Gasteiger charge is 2.24. The average molecular weight is 393 g/mol. The molecule has 27 heavy (non-hydrogen) atoms. The van der Waals surface area contributed by atoms with Gasteiger partial charge in [-0.15, -0.1) is 10.2 Å². The number of thioether (sulfide) groups is 1. The predicted octanol–water partition coefficient (Wildman–Crippen LogP) is 5.10. The van der Waals surface area contributed by atoms with E-state index in [9.17, 15) is 4.79 Å². The molecule has 3 aromatic heterocycles. The number of thiazole rings is 1. The summed E-state index contributed by atoms with van der Waals surface area (Å²) < 4.78 is 3.20. The summed E-state index contributed by atoms with van der Waals surface area (Å²) in [5.74, 6) is 0.103. The molecule has 0 bridgehead atoms. The first-order valence-corrected chi connectivity index (χ1v) is 10.3. The number of carbonyl (C=O) groups excluding carboxylic acids is 1. The highest BCUT2D eigenvalue weighted by atomic mass is 32.2. The van der Waals surface area contributed by atoms with Crippen LogP contribution in [0.25, 0.3) is 26.1 Å². The standard InChI is InChI=1S/C20H16N4OS2/c1-11-17(13-7-3-4-8-14(13)21-11)18(25)12(2)26-19-22-23-20-24(19)15-9-5-6-10-16(15)27-20/h3-10,12,21H,1-2H3. The molecule has 0 saturated heterocycles. The van der Waals surface area contributed by atoms with Crippen molar-refractivity contribution >= 4 is 55.0 Å². The summed E-state index contributed by atoms with van der Waals surface area (Å²) in [6.07, 6.45) is 0. The third kappa shape index (κ3) is 2.57. The van der Waals surface area contributed by atoms with E-state index in [2.05, 4.69) is 27.3 Å². The highest BCUT2D eigenvalue weighted by Crippen LogP contribution is 2.33. The number of ketones is 1. The second-order valence-corrected chi connectivity index (χ2v) is 8.78. The molecule has 1 unspecified atom stereocenters. The monoisotopic (exact) mass is 392 g/mol. The van der Waals surface area contributed by atoms with Crippen molar-refractivity contribution in [1.29, 1.82) is 0 Å². The van der Waals surface area contributed by atoms with E-state index in [1.54, 1.807) is 11.3 Å². The van der Waals surface area contributed by atoms with Crippen molar-refractivity contribution in [2.75, 3.05) is 0 Å². The Balaban J connectivity index is 1.53. The summed E-state index contributed by atoms with van der Waals surface area (Å²) in [5, 5.41) is 10.1. The maximum Gasteiger partial charge on any atom is 0.217 e. The number of hydrogen-bond acceptors (Lipinski definition) is 5. The van der Waals surface area contributed by atoms with E-state index >= 15 is 0 Å². The van der Waals surface area contributed by atoms with E-state index in [0.29, 0.717) is 0 Å². The first-order valence-electron chi connectivity index (χ1n) is 8.64. The Morgan fingerprint density at radius 3 is 2.81 bits per heavy atom. The molecule has 0 spiro atoms. The zero-order chi connectivity index (χ0) is 18.5. The van der Waals surface area contributed by atoms with Crippen LogP contribution in [0.4, 0.5) is 0 Å². The Kier molecular flexibility index (Phi) is 3.80. The molecule has 1 N–H and O–H groups in total. The van der Waals surface area contributed by atoms with Crippen LogP contribution < -0.4 is 0 Å². The Hall–Kier alpha value is -2.64. The first-order chi connectivity index (χ1) is 13.1. The molecule has 0 aliphatic heterocycles. The molecule has 134 valence electrons. The lowest BCUT2D eigenvalue weighted by Gasteiger charge is -2.09. The van der Waals surface area contributed by atoms with Gasteiger partial charge in [-0.05, 0) is 32.0 Å². The molecule has 5 rings (SSSR count). The van der Waals surface area contributed by atoms with Gasteiger partial charge in [0.1, 0.15) is 0 Å². The van der Waals surface area contributed by atoms with Gasteiger partial charge in [-0.3, -0.25) is 9.20 Å². The minimum atomic E-state index is -0.269. The summed E-state index contributed by atoms with van der Waals surface area (Å²) in [6.45, 7) is 3.89. The molecule has 1 atom stereocenters. The average Bonchev–Trinajstić information content (AvgIpc) is 3.32. The summed E-state index contributed by atoms with van der Waals surface area (Å²) in [4.78, 5) is 17.4. The number of nitrogens with zero attached hydrogens (tertiary/aromatic N) is 3. The zero-order valence-corrected chi connectivity index (χ0v) is 16.4. The molecular weight excluding hydrogens is 376 g/mol. The van der Waals surface area contributed by atoms with Crippen molar-refractivity contribution in [3.05, 3.63) is 59.8 Å². The van der Waals surface area contributed by atoms with Crippen LogP contribution >= 0.6 is 23.1 Å². The molecule has 0 saturated carbocycles. The van der Waals surface area contributed by atoms with Gasteiger partial charge in [-0.25, -0.2) is 0 Å². The number of para-hydroxylation sites is 2. The van der Waals surface area contributed by atoms with Crippen LogP contribution in [-0.2, 0) is 0 Å². The summed E-state index contributed by atoms with van der Waals surface area (Å²) in [7, 11) is 0. The maximum atomic E-state index is 13.2. The molecule has 7 heteroatoms. The number of fused-ring (bicyclic) bond motifs is 4. The molecule has 0 amide bonds. The fourth-order valence-electron chi connectivity index (χ4n) is 3.44. The molecule has 0 radical (unpaired) electrons. The van der Waals surface area contributed by atoms with Crippen LogP contribution in [0, 0.1) is 6.92 Å². The van der Waals surface area contributed by atoms with Crippen LogP contribution in [0.3, 0.4) is 0 Å². The fraction of sp³-hybridized carbons (Fsp3) is 0.150. The van der Waals surface area contributed by atoms with E-state index in [-0.39, 0.29) is 11.0 Å². The molecular formula is C20H16N4OS2. The normalized spacial score (nSPS) is 13.0. The van der Waals surface area contributed by atoms with Crippen molar-refractivity contribution < 1.29 is 4.79 Å². The first kappa shape index (κ1) is 16.5. The van der Waals surface area contributed by atoms with E-state index in [4.69, 9.17) is 0 Å². The largest absolute Gasteiger partial charge is 0.358 e. The smallest absolute Gasteiger partial charge is 0.217 e. The quantitative estimate of drug-likeness (QED) is 0.341. The Bertz CT molecular complexity index is 1310. The highest BCUT2D eigenvalue weighted by molar-refractivity contribution is 8.00. The van der Waals surface area contributed by atoms with Gasteiger partial charge < -0.3 is 4.98 Å². The summed E-state index contributed by atoms with van der Waals surface area (Å²) in [6, 6.07) is 16.1. The van der Waals surface area contributed by atoms with Gasteiger partial charge in [0.05, 0.1) is 15.5 Å². The van der Waals surface area contributed by atoms with Crippen molar-refractivity contribution in [2.45, 2.75) is 24.3 Å². The lowest BCUT2D eigenvalue weighted by Crippen LogP contribution is -2.15. The molecule has 2 aromatic carbocycles. The van der Waals surface area contributed by atoms with Crippen molar-refractivity contribution in [1.82, 2.24) is 19.6 Å².